The molecule has 0 radical (unpaired) electrons. The Bertz CT molecular complexity index is 890. The number of phenolic OH excluding ortho intramolecular Hbond substituents is 1. The molecule has 0 unspecified atom stereocenters. The number of phenols is 1. The van der Waals surface area contributed by atoms with Gasteiger partial charge < -0.3 is 15.1 Å². The second-order valence-corrected chi connectivity index (χ2v) is 7.51. The van der Waals surface area contributed by atoms with Crippen LogP contribution in [0.5, 0.6) is 5.75 Å². The molecule has 2 fully saturated rings. The smallest absolute Gasteiger partial charge is 0.416 e. The van der Waals surface area contributed by atoms with E-state index >= 15 is 0 Å². The maximum atomic E-state index is 12.8. The summed E-state index contributed by atoms with van der Waals surface area (Å²) in [6, 6.07) is 2.72. The Hall–Kier alpha value is -2.42. The van der Waals surface area contributed by atoms with Crippen LogP contribution in [0.3, 0.4) is 0 Å². The Morgan fingerprint density at radius 3 is 2.61 bits per heavy atom. The van der Waals surface area contributed by atoms with E-state index in [1.54, 1.807) is 6.92 Å². The fourth-order valence-corrected chi connectivity index (χ4v) is 4.38. The Balaban J connectivity index is 1.64. The molecule has 9 heteroatoms. The minimum atomic E-state index is -4.54. The highest BCUT2D eigenvalue weighted by atomic mass is 19.4. The maximum absolute atomic E-state index is 12.8. The standard InChI is InChI=1S/C19H21F3N4O2/c1-10-16(13-6-5-12(9-15(13)28)19(20,21)22)24-25-18(23-10)26-8-7-11-3-2-4-14(27)17(11)26/h5-6,9,11,14,17,27-28H,2-4,7-8H2,1H3/t11-,14+,17+/m1/s1. The summed E-state index contributed by atoms with van der Waals surface area (Å²) in [6.07, 6.45) is -1.16. The lowest BCUT2D eigenvalue weighted by Gasteiger charge is -2.35. The zero-order valence-electron chi connectivity index (χ0n) is 15.3. The Morgan fingerprint density at radius 2 is 1.93 bits per heavy atom. The summed E-state index contributed by atoms with van der Waals surface area (Å²) in [5, 5.41) is 28.7. The summed E-state index contributed by atoms with van der Waals surface area (Å²) in [5.41, 5.74) is -0.101. The van der Waals surface area contributed by atoms with Crippen LogP contribution in [-0.4, -0.2) is 44.1 Å². The number of aromatic nitrogens is 3. The molecule has 2 N–H and O–H groups in total. The Kier molecular flexibility index (Phi) is 4.65. The first-order valence-electron chi connectivity index (χ1n) is 9.32. The second kappa shape index (κ2) is 6.88. The van der Waals surface area contributed by atoms with Crippen LogP contribution in [0.15, 0.2) is 18.2 Å². The molecule has 2 heterocycles. The number of aromatic hydroxyl groups is 1. The van der Waals surface area contributed by atoms with Crippen molar-refractivity contribution >= 4 is 5.95 Å². The molecule has 1 aliphatic carbocycles. The minimum Gasteiger partial charge on any atom is -0.507 e. The predicted octanol–water partition coefficient (Wildman–Crippen LogP) is 3.31. The van der Waals surface area contributed by atoms with Crippen LogP contribution < -0.4 is 4.90 Å². The number of halogens is 3. The van der Waals surface area contributed by atoms with Gasteiger partial charge in [-0.25, -0.2) is 4.98 Å². The zero-order chi connectivity index (χ0) is 20.1. The lowest BCUT2D eigenvalue weighted by Crippen LogP contribution is -2.45. The van der Waals surface area contributed by atoms with E-state index in [-0.39, 0.29) is 17.3 Å². The fourth-order valence-electron chi connectivity index (χ4n) is 4.38. The fraction of sp³-hybridized carbons (Fsp3) is 0.526. The van der Waals surface area contributed by atoms with Crippen molar-refractivity contribution in [3.63, 3.8) is 0 Å². The molecule has 0 spiro atoms. The zero-order valence-corrected chi connectivity index (χ0v) is 15.3. The van der Waals surface area contributed by atoms with Crippen molar-refractivity contribution in [2.45, 2.75) is 50.9 Å². The molecule has 4 rings (SSSR count). The molecule has 2 aliphatic rings. The third-order valence-corrected chi connectivity index (χ3v) is 5.74. The maximum Gasteiger partial charge on any atom is 0.416 e. The van der Waals surface area contributed by atoms with Crippen LogP contribution in [-0.2, 0) is 6.18 Å². The van der Waals surface area contributed by atoms with Gasteiger partial charge in [0.25, 0.3) is 0 Å². The number of rotatable bonds is 2. The van der Waals surface area contributed by atoms with Crippen molar-refractivity contribution in [2.75, 3.05) is 11.4 Å². The molecule has 1 saturated heterocycles. The number of fused-ring (bicyclic) bond motifs is 1. The quantitative estimate of drug-likeness (QED) is 0.813. The van der Waals surface area contributed by atoms with Gasteiger partial charge in [-0.2, -0.15) is 13.2 Å². The minimum absolute atomic E-state index is 0.0275. The molecule has 0 amide bonds. The van der Waals surface area contributed by atoms with Gasteiger partial charge in [0.15, 0.2) is 0 Å². The number of alkyl halides is 3. The van der Waals surface area contributed by atoms with Crippen LogP contribution in [0.1, 0.15) is 36.9 Å². The number of hydrogen-bond donors (Lipinski definition) is 2. The number of benzene rings is 1. The molecule has 1 aromatic carbocycles. The number of aliphatic hydroxyl groups excluding tert-OH is 1. The monoisotopic (exact) mass is 394 g/mol. The van der Waals surface area contributed by atoms with Crippen LogP contribution in [0, 0.1) is 12.8 Å². The number of aryl methyl sites for hydroxylation is 1. The van der Waals surface area contributed by atoms with Gasteiger partial charge in [0.1, 0.15) is 11.4 Å². The average molecular weight is 394 g/mol. The van der Waals surface area contributed by atoms with Crippen molar-refractivity contribution in [3.8, 4) is 17.0 Å². The lowest BCUT2D eigenvalue weighted by molar-refractivity contribution is -0.137. The third-order valence-electron chi connectivity index (χ3n) is 5.74. The molecule has 28 heavy (non-hydrogen) atoms. The van der Waals surface area contributed by atoms with Crippen LogP contribution in [0.2, 0.25) is 0 Å². The highest BCUT2D eigenvalue weighted by Gasteiger charge is 2.42. The van der Waals surface area contributed by atoms with Gasteiger partial charge in [-0.05, 0) is 50.3 Å². The van der Waals surface area contributed by atoms with E-state index in [2.05, 4.69) is 15.2 Å². The van der Waals surface area contributed by atoms with Crippen molar-refractivity contribution in [1.29, 1.82) is 0 Å². The van der Waals surface area contributed by atoms with E-state index in [4.69, 9.17) is 0 Å². The van der Waals surface area contributed by atoms with E-state index < -0.39 is 23.6 Å². The van der Waals surface area contributed by atoms with Gasteiger partial charge in [-0.1, -0.05) is 6.42 Å². The van der Waals surface area contributed by atoms with Crippen molar-refractivity contribution in [3.05, 3.63) is 29.5 Å². The Morgan fingerprint density at radius 1 is 1.14 bits per heavy atom. The number of nitrogens with zero attached hydrogens (tertiary/aromatic N) is 4. The van der Waals surface area contributed by atoms with Gasteiger partial charge in [0, 0.05) is 12.1 Å². The van der Waals surface area contributed by atoms with E-state index in [1.807, 2.05) is 4.90 Å². The first-order chi connectivity index (χ1) is 13.3. The first-order valence-corrected chi connectivity index (χ1v) is 9.32. The van der Waals surface area contributed by atoms with Gasteiger partial charge in [-0.3, -0.25) is 0 Å². The first kappa shape index (κ1) is 18.9. The summed E-state index contributed by atoms with van der Waals surface area (Å²) in [6.45, 7) is 2.41. The van der Waals surface area contributed by atoms with Gasteiger partial charge in [0.2, 0.25) is 5.95 Å². The molecule has 2 aromatic rings. The average Bonchev–Trinajstić information content (AvgIpc) is 3.07. The molecule has 1 aromatic heterocycles. The highest BCUT2D eigenvalue weighted by molar-refractivity contribution is 5.69. The summed E-state index contributed by atoms with van der Waals surface area (Å²) in [5.74, 6) is 0.290. The molecular formula is C19H21F3N4O2. The second-order valence-electron chi connectivity index (χ2n) is 7.51. The van der Waals surface area contributed by atoms with Crippen LogP contribution >= 0.6 is 0 Å². The van der Waals surface area contributed by atoms with Gasteiger partial charge in [0.05, 0.1) is 23.4 Å². The number of anilines is 1. The third kappa shape index (κ3) is 3.28. The van der Waals surface area contributed by atoms with Crippen molar-refractivity contribution < 1.29 is 23.4 Å². The largest absolute Gasteiger partial charge is 0.507 e. The summed E-state index contributed by atoms with van der Waals surface area (Å²) >= 11 is 0. The molecule has 0 bridgehead atoms. The van der Waals surface area contributed by atoms with Crippen molar-refractivity contribution in [2.24, 2.45) is 5.92 Å². The van der Waals surface area contributed by atoms with Gasteiger partial charge >= 0.3 is 6.18 Å². The predicted molar refractivity (Wildman–Crippen MR) is 95.8 cm³/mol. The van der Waals surface area contributed by atoms with Crippen molar-refractivity contribution in [1.82, 2.24) is 15.2 Å². The van der Waals surface area contributed by atoms with E-state index in [9.17, 15) is 23.4 Å². The molecule has 150 valence electrons. The number of hydrogen-bond acceptors (Lipinski definition) is 6. The molecular weight excluding hydrogens is 373 g/mol. The lowest BCUT2D eigenvalue weighted by atomic mass is 9.83. The Labute approximate surface area is 160 Å². The van der Waals surface area contributed by atoms with Crippen LogP contribution in [0.4, 0.5) is 19.1 Å². The van der Waals surface area contributed by atoms with E-state index in [0.717, 1.165) is 38.3 Å². The number of aliphatic hydroxyl groups is 1. The molecule has 6 nitrogen and oxygen atoms in total. The highest BCUT2D eigenvalue weighted by Crippen LogP contribution is 2.39. The van der Waals surface area contributed by atoms with Gasteiger partial charge in [-0.15, -0.1) is 10.2 Å². The molecule has 1 aliphatic heterocycles. The van der Waals surface area contributed by atoms with Crippen LogP contribution in [0.25, 0.3) is 11.3 Å². The topological polar surface area (TPSA) is 82.4 Å². The summed E-state index contributed by atoms with van der Waals surface area (Å²) in [7, 11) is 0. The molecule has 3 atom stereocenters. The van der Waals surface area contributed by atoms with E-state index in [0.29, 0.717) is 23.6 Å². The summed E-state index contributed by atoms with van der Waals surface area (Å²) < 4.78 is 38.4. The van der Waals surface area contributed by atoms with E-state index in [1.165, 1.54) is 6.07 Å². The molecule has 1 saturated carbocycles. The normalized spacial score (nSPS) is 25.0. The SMILES string of the molecule is Cc1nc(N2CC[C@H]3CCC[C@H](O)[C@H]32)nnc1-c1ccc(C(F)(F)F)cc1O. The summed E-state index contributed by atoms with van der Waals surface area (Å²) in [4.78, 5) is 6.45.